The lowest BCUT2D eigenvalue weighted by atomic mass is 9.92. The second-order valence-corrected chi connectivity index (χ2v) is 6.56. The van der Waals surface area contributed by atoms with Crippen LogP contribution in [0.15, 0.2) is 60.7 Å². The van der Waals surface area contributed by atoms with Crippen LogP contribution in [0.3, 0.4) is 0 Å². The van der Waals surface area contributed by atoms with Gasteiger partial charge in [-0.25, -0.2) is 0 Å². The minimum atomic E-state index is 0.676. The molecule has 0 saturated carbocycles. The number of hydrogen-bond donors (Lipinski definition) is 0. The summed E-state index contributed by atoms with van der Waals surface area (Å²) in [6.07, 6.45) is 0. The molecule has 0 aliphatic carbocycles. The highest BCUT2D eigenvalue weighted by atomic mass is 14.1. The largest absolute Gasteiger partial charge is 0.0999 e. The highest BCUT2D eigenvalue weighted by molar-refractivity contribution is 5.67. The maximum Gasteiger partial charge on any atom is -0.0155 e. The molecule has 1 atom stereocenters. The number of hydrogen-bond acceptors (Lipinski definition) is 0. The van der Waals surface area contributed by atoms with Gasteiger partial charge in [0.1, 0.15) is 0 Å². The van der Waals surface area contributed by atoms with Crippen LogP contribution in [0.4, 0.5) is 0 Å². The highest BCUT2D eigenvalue weighted by Crippen LogP contribution is 2.22. The van der Waals surface area contributed by atoms with Gasteiger partial charge >= 0.3 is 0 Å². The standard InChI is InChI=1S/C14H14.C8H16/c1-11-7-9-13(10-8-11)14-6-4-3-5-12(14)2;1-6(2)8(5)7(3)4/h3-10H,1-2H3;7-8H,1H2,2-5H3. The van der Waals surface area contributed by atoms with Crippen molar-refractivity contribution in [2.45, 2.75) is 41.5 Å². The molecule has 0 amide bonds. The summed E-state index contributed by atoms with van der Waals surface area (Å²) < 4.78 is 0. The average molecular weight is 294 g/mol. The van der Waals surface area contributed by atoms with Crippen molar-refractivity contribution in [2.24, 2.45) is 11.8 Å². The van der Waals surface area contributed by atoms with Gasteiger partial charge in [0, 0.05) is 0 Å². The molecule has 118 valence electrons. The SMILES string of the molecule is C=C(C)C(C)C(C)C.Cc1ccc(-c2ccccc2C)cc1. The minimum absolute atomic E-state index is 0.676. The Balaban J connectivity index is 0.000000261. The van der Waals surface area contributed by atoms with Gasteiger partial charge < -0.3 is 0 Å². The molecule has 2 aromatic carbocycles. The van der Waals surface area contributed by atoms with E-state index in [1.54, 1.807) is 0 Å². The molecule has 0 radical (unpaired) electrons. The van der Waals surface area contributed by atoms with Crippen molar-refractivity contribution in [1.82, 2.24) is 0 Å². The fourth-order valence-corrected chi connectivity index (χ4v) is 2.20. The maximum absolute atomic E-state index is 3.88. The van der Waals surface area contributed by atoms with E-state index in [1.165, 1.54) is 27.8 Å². The smallest absolute Gasteiger partial charge is 0.0155 e. The maximum atomic E-state index is 3.88. The van der Waals surface area contributed by atoms with Crippen molar-refractivity contribution in [3.63, 3.8) is 0 Å². The molecule has 0 heteroatoms. The third-order valence-electron chi connectivity index (χ3n) is 4.28. The van der Waals surface area contributed by atoms with E-state index in [-0.39, 0.29) is 0 Å². The second kappa shape index (κ2) is 8.58. The first kappa shape index (κ1) is 18.2. The predicted molar refractivity (Wildman–Crippen MR) is 100 cm³/mol. The summed E-state index contributed by atoms with van der Waals surface area (Å²) in [5.41, 5.74) is 6.56. The van der Waals surface area contributed by atoms with E-state index in [1.807, 2.05) is 0 Å². The van der Waals surface area contributed by atoms with E-state index in [0.717, 1.165) is 5.92 Å². The highest BCUT2D eigenvalue weighted by Gasteiger charge is 2.05. The minimum Gasteiger partial charge on any atom is -0.0999 e. The Labute approximate surface area is 136 Å². The topological polar surface area (TPSA) is 0 Å². The fraction of sp³-hybridized carbons (Fsp3) is 0.364. The van der Waals surface area contributed by atoms with Gasteiger partial charge in [-0.2, -0.15) is 0 Å². The van der Waals surface area contributed by atoms with Crippen LogP contribution in [-0.4, -0.2) is 0 Å². The molecule has 0 aliphatic rings. The van der Waals surface area contributed by atoms with E-state index in [4.69, 9.17) is 0 Å². The first-order valence-corrected chi connectivity index (χ1v) is 8.11. The van der Waals surface area contributed by atoms with Crippen LogP contribution in [-0.2, 0) is 0 Å². The molecular formula is C22H30. The number of rotatable bonds is 3. The van der Waals surface area contributed by atoms with Gasteiger partial charge in [-0.05, 0) is 49.3 Å². The van der Waals surface area contributed by atoms with Crippen LogP contribution in [0.5, 0.6) is 0 Å². The molecule has 0 saturated heterocycles. The van der Waals surface area contributed by atoms with Gasteiger partial charge in [-0.3, -0.25) is 0 Å². The zero-order valence-electron chi connectivity index (χ0n) is 15.0. The average Bonchev–Trinajstić information content (AvgIpc) is 2.48. The normalized spacial score (nSPS) is 11.6. The summed E-state index contributed by atoms with van der Waals surface area (Å²) in [6.45, 7) is 16.9. The van der Waals surface area contributed by atoms with Crippen molar-refractivity contribution >= 4 is 0 Å². The van der Waals surface area contributed by atoms with Crippen LogP contribution in [0.25, 0.3) is 11.1 Å². The van der Waals surface area contributed by atoms with Crippen LogP contribution in [0, 0.1) is 25.7 Å². The monoisotopic (exact) mass is 294 g/mol. The van der Waals surface area contributed by atoms with E-state index in [0.29, 0.717) is 5.92 Å². The number of aryl methyl sites for hydroxylation is 2. The Morgan fingerprint density at radius 3 is 1.82 bits per heavy atom. The Morgan fingerprint density at radius 2 is 1.41 bits per heavy atom. The van der Waals surface area contributed by atoms with Crippen molar-refractivity contribution in [3.05, 3.63) is 71.8 Å². The fourth-order valence-electron chi connectivity index (χ4n) is 2.20. The molecule has 22 heavy (non-hydrogen) atoms. The summed E-state index contributed by atoms with van der Waals surface area (Å²) in [5, 5.41) is 0. The molecule has 0 fully saturated rings. The lowest BCUT2D eigenvalue weighted by Gasteiger charge is -2.13. The van der Waals surface area contributed by atoms with Gasteiger partial charge in [0.05, 0.1) is 0 Å². The van der Waals surface area contributed by atoms with Crippen LogP contribution in [0.2, 0.25) is 0 Å². The quantitative estimate of drug-likeness (QED) is 0.544. The van der Waals surface area contributed by atoms with E-state index >= 15 is 0 Å². The molecule has 0 aliphatic heterocycles. The first-order chi connectivity index (χ1) is 10.3. The molecule has 0 nitrogen and oxygen atoms in total. The van der Waals surface area contributed by atoms with Crippen molar-refractivity contribution in [3.8, 4) is 11.1 Å². The summed E-state index contributed by atoms with van der Waals surface area (Å²) in [4.78, 5) is 0. The predicted octanol–water partition coefficient (Wildman–Crippen LogP) is 6.83. The van der Waals surface area contributed by atoms with Crippen LogP contribution < -0.4 is 0 Å². The first-order valence-electron chi connectivity index (χ1n) is 8.11. The van der Waals surface area contributed by atoms with Gasteiger partial charge in [0.2, 0.25) is 0 Å². The van der Waals surface area contributed by atoms with E-state index in [2.05, 4.69) is 96.7 Å². The van der Waals surface area contributed by atoms with E-state index in [9.17, 15) is 0 Å². The zero-order chi connectivity index (χ0) is 16.7. The van der Waals surface area contributed by atoms with Gasteiger partial charge in [0.25, 0.3) is 0 Å². The van der Waals surface area contributed by atoms with Crippen LogP contribution >= 0.6 is 0 Å². The summed E-state index contributed by atoms with van der Waals surface area (Å²) in [5.74, 6) is 1.42. The molecule has 0 N–H and O–H groups in total. The molecule has 0 spiro atoms. The van der Waals surface area contributed by atoms with Gasteiger partial charge in [0.15, 0.2) is 0 Å². The Morgan fingerprint density at radius 1 is 0.864 bits per heavy atom. The molecule has 0 bridgehead atoms. The Kier molecular flexibility index (Phi) is 7.11. The van der Waals surface area contributed by atoms with Crippen LogP contribution in [0.1, 0.15) is 38.8 Å². The third kappa shape index (κ3) is 5.52. The number of allylic oxidation sites excluding steroid dienone is 1. The van der Waals surface area contributed by atoms with Gasteiger partial charge in [-0.15, -0.1) is 0 Å². The third-order valence-corrected chi connectivity index (χ3v) is 4.28. The van der Waals surface area contributed by atoms with Crippen molar-refractivity contribution in [1.29, 1.82) is 0 Å². The summed E-state index contributed by atoms with van der Waals surface area (Å²) >= 11 is 0. The van der Waals surface area contributed by atoms with E-state index < -0.39 is 0 Å². The summed E-state index contributed by atoms with van der Waals surface area (Å²) in [7, 11) is 0. The molecule has 0 heterocycles. The Hall–Kier alpha value is -1.82. The second-order valence-electron chi connectivity index (χ2n) is 6.56. The lowest BCUT2D eigenvalue weighted by molar-refractivity contribution is 0.481. The van der Waals surface area contributed by atoms with Gasteiger partial charge in [-0.1, -0.05) is 87.0 Å². The molecule has 1 unspecified atom stereocenters. The van der Waals surface area contributed by atoms with Crippen molar-refractivity contribution < 1.29 is 0 Å². The molecule has 2 aromatic rings. The summed E-state index contributed by atoms with van der Waals surface area (Å²) in [6, 6.07) is 17.1. The van der Waals surface area contributed by atoms with Crippen molar-refractivity contribution in [2.75, 3.05) is 0 Å². The lowest BCUT2D eigenvalue weighted by Crippen LogP contribution is -2.03. The Bertz CT molecular complexity index is 588. The molecule has 0 aromatic heterocycles. The molecular weight excluding hydrogens is 264 g/mol. The number of benzene rings is 2. The molecule has 2 rings (SSSR count). The zero-order valence-corrected chi connectivity index (χ0v) is 15.0.